The average Bonchev–Trinajstić information content (AvgIpc) is 2.35. The van der Waals surface area contributed by atoms with E-state index < -0.39 is 5.91 Å². The van der Waals surface area contributed by atoms with Gasteiger partial charge in [-0.25, -0.2) is 0 Å². The quantitative estimate of drug-likeness (QED) is 0.726. The number of nitrogen functional groups attached to an aromatic ring is 1. The number of nitrogens with two attached hydrogens (primary N) is 2. The summed E-state index contributed by atoms with van der Waals surface area (Å²) < 4.78 is 5.11. The van der Waals surface area contributed by atoms with Gasteiger partial charge in [0, 0.05) is 37.5 Å². The molecule has 0 aliphatic carbocycles. The zero-order valence-electron chi connectivity index (χ0n) is 11.8. The van der Waals surface area contributed by atoms with Crippen molar-refractivity contribution >= 4 is 11.6 Å². The second-order valence-corrected chi connectivity index (χ2v) is 4.83. The van der Waals surface area contributed by atoms with Crippen molar-refractivity contribution in [2.75, 3.05) is 26.0 Å². The molecule has 0 radical (unpaired) electrons. The average molecular weight is 265 g/mol. The maximum Gasteiger partial charge on any atom is 0.248 e. The molecule has 0 bridgehead atoms. The Hall–Kier alpha value is -1.59. The molecular formula is C14H23N3O2. The van der Waals surface area contributed by atoms with E-state index in [4.69, 9.17) is 16.2 Å². The lowest BCUT2D eigenvalue weighted by atomic mass is 10.1. The predicted molar refractivity (Wildman–Crippen MR) is 76.8 cm³/mol. The van der Waals surface area contributed by atoms with Crippen LogP contribution in [0.4, 0.5) is 5.69 Å². The van der Waals surface area contributed by atoms with E-state index in [1.54, 1.807) is 19.2 Å². The Balaban J connectivity index is 2.81. The molecule has 0 atom stereocenters. The van der Waals surface area contributed by atoms with Crippen LogP contribution < -0.4 is 11.5 Å². The summed E-state index contributed by atoms with van der Waals surface area (Å²) >= 11 is 0. The number of hydrogen-bond acceptors (Lipinski definition) is 4. The lowest BCUT2D eigenvalue weighted by Crippen LogP contribution is -2.33. The summed E-state index contributed by atoms with van der Waals surface area (Å²) in [6.45, 7) is 6.50. The molecular weight excluding hydrogens is 242 g/mol. The van der Waals surface area contributed by atoms with Crippen LogP contribution in [0.25, 0.3) is 0 Å². The van der Waals surface area contributed by atoms with Gasteiger partial charge in [0.15, 0.2) is 0 Å². The molecule has 0 aliphatic rings. The van der Waals surface area contributed by atoms with Gasteiger partial charge in [0.05, 0.1) is 6.61 Å². The molecule has 0 fully saturated rings. The number of primary amides is 1. The van der Waals surface area contributed by atoms with Crippen LogP contribution in [-0.2, 0) is 11.3 Å². The molecule has 1 amide bonds. The minimum atomic E-state index is -0.460. The summed E-state index contributed by atoms with van der Waals surface area (Å²) in [7, 11) is 1.69. The van der Waals surface area contributed by atoms with Crippen LogP contribution >= 0.6 is 0 Å². The van der Waals surface area contributed by atoms with Crippen LogP contribution in [0.2, 0.25) is 0 Å². The number of rotatable bonds is 7. The Morgan fingerprint density at radius 3 is 2.58 bits per heavy atom. The van der Waals surface area contributed by atoms with Crippen molar-refractivity contribution in [2.24, 2.45) is 5.73 Å². The van der Waals surface area contributed by atoms with Gasteiger partial charge < -0.3 is 16.2 Å². The second kappa shape index (κ2) is 7.11. The topological polar surface area (TPSA) is 81.6 Å². The van der Waals surface area contributed by atoms with Crippen LogP contribution in [0, 0.1) is 0 Å². The number of hydrogen-bond donors (Lipinski definition) is 2. The van der Waals surface area contributed by atoms with E-state index in [0.717, 1.165) is 18.7 Å². The van der Waals surface area contributed by atoms with E-state index in [-0.39, 0.29) is 0 Å². The van der Waals surface area contributed by atoms with E-state index in [1.165, 1.54) is 0 Å². The number of carbonyl (C=O) groups excluding carboxylic acids is 1. The van der Waals surface area contributed by atoms with Gasteiger partial charge in [-0.15, -0.1) is 0 Å². The SMILES string of the molecule is COCCN(Cc1ccc(C(N)=O)cc1N)C(C)C. The first-order valence-corrected chi connectivity index (χ1v) is 6.37. The summed E-state index contributed by atoms with van der Waals surface area (Å²) in [6, 6.07) is 5.60. The molecule has 0 unspecified atom stereocenters. The molecule has 0 aromatic heterocycles. The molecule has 0 spiro atoms. The second-order valence-electron chi connectivity index (χ2n) is 4.83. The highest BCUT2D eigenvalue weighted by molar-refractivity contribution is 5.93. The molecule has 0 heterocycles. The molecule has 1 rings (SSSR count). The van der Waals surface area contributed by atoms with Crippen molar-refractivity contribution in [1.29, 1.82) is 0 Å². The Labute approximate surface area is 114 Å². The number of carbonyl (C=O) groups is 1. The first kappa shape index (κ1) is 15.5. The molecule has 1 aromatic carbocycles. The van der Waals surface area contributed by atoms with E-state index in [1.807, 2.05) is 6.07 Å². The molecule has 0 saturated heterocycles. The summed E-state index contributed by atoms with van der Waals surface area (Å²) in [6.07, 6.45) is 0. The standard InChI is InChI=1S/C14H23N3O2/c1-10(2)17(6-7-19-3)9-12-5-4-11(14(16)18)8-13(12)15/h4-5,8,10H,6-7,9,15H2,1-3H3,(H2,16,18). The number of benzene rings is 1. The van der Waals surface area contributed by atoms with Crippen LogP contribution in [-0.4, -0.2) is 37.1 Å². The molecule has 4 N–H and O–H groups in total. The molecule has 0 aliphatic heterocycles. The normalized spacial score (nSPS) is 11.2. The fourth-order valence-electron chi connectivity index (χ4n) is 1.84. The van der Waals surface area contributed by atoms with Gasteiger partial charge in [-0.2, -0.15) is 0 Å². The van der Waals surface area contributed by atoms with Crippen LogP contribution in [0.15, 0.2) is 18.2 Å². The summed E-state index contributed by atoms with van der Waals surface area (Å²) in [5, 5.41) is 0. The Morgan fingerprint density at radius 1 is 1.42 bits per heavy atom. The van der Waals surface area contributed by atoms with Crippen LogP contribution in [0.3, 0.4) is 0 Å². The maximum atomic E-state index is 11.1. The van der Waals surface area contributed by atoms with Gasteiger partial charge in [-0.05, 0) is 31.5 Å². The van der Waals surface area contributed by atoms with Gasteiger partial charge in [0.2, 0.25) is 5.91 Å². The highest BCUT2D eigenvalue weighted by atomic mass is 16.5. The van der Waals surface area contributed by atoms with E-state index in [0.29, 0.717) is 23.9 Å². The lowest BCUT2D eigenvalue weighted by molar-refractivity contribution is 0.100. The first-order chi connectivity index (χ1) is 8.95. The molecule has 5 heteroatoms. The number of anilines is 1. The number of ether oxygens (including phenoxy) is 1. The molecule has 19 heavy (non-hydrogen) atoms. The van der Waals surface area contributed by atoms with E-state index in [9.17, 15) is 4.79 Å². The molecule has 1 aromatic rings. The maximum absolute atomic E-state index is 11.1. The zero-order chi connectivity index (χ0) is 14.4. The third kappa shape index (κ3) is 4.54. The fourth-order valence-corrected chi connectivity index (χ4v) is 1.84. The molecule has 106 valence electrons. The zero-order valence-corrected chi connectivity index (χ0v) is 11.8. The Bertz CT molecular complexity index is 433. The van der Waals surface area contributed by atoms with Crippen LogP contribution in [0.1, 0.15) is 29.8 Å². The Morgan fingerprint density at radius 2 is 2.11 bits per heavy atom. The van der Waals surface area contributed by atoms with Crippen molar-refractivity contribution in [3.63, 3.8) is 0 Å². The summed E-state index contributed by atoms with van der Waals surface area (Å²) in [5.74, 6) is -0.460. The highest BCUT2D eigenvalue weighted by Crippen LogP contribution is 2.17. The highest BCUT2D eigenvalue weighted by Gasteiger charge is 2.12. The number of methoxy groups -OCH3 is 1. The van der Waals surface area contributed by atoms with Gasteiger partial charge in [-0.1, -0.05) is 6.07 Å². The van der Waals surface area contributed by atoms with Gasteiger partial charge in [-0.3, -0.25) is 9.69 Å². The largest absolute Gasteiger partial charge is 0.398 e. The van der Waals surface area contributed by atoms with Gasteiger partial charge >= 0.3 is 0 Å². The minimum absolute atomic E-state index is 0.394. The van der Waals surface area contributed by atoms with Crippen molar-refractivity contribution < 1.29 is 9.53 Å². The number of amides is 1. The van der Waals surface area contributed by atoms with Crippen molar-refractivity contribution in [3.05, 3.63) is 29.3 Å². The van der Waals surface area contributed by atoms with Crippen molar-refractivity contribution in [2.45, 2.75) is 26.4 Å². The molecule has 5 nitrogen and oxygen atoms in total. The lowest BCUT2D eigenvalue weighted by Gasteiger charge is -2.26. The monoisotopic (exact) mass is 265 g/mol. The summed E-state index contributed by atoms with van der Waals surface area (Å²) in [4.78, 5) is 13.3. The van der Waals surface area contributed by atoms with Crippen molar-refractivity contribution in [3.8, 4) is 0 Å². The van der Waals surface area contributed by atoms with Gasteiger partial charge in [0.25, 0.3) is 0 Å². The first-order valence-electron chi connectivity index (χ1n) is 6.37. The third-order valence-corrected chi connectivity index (χ3v) is 3.12. The minimum Gasteiger partial charge on any atom is -0.398 e. The van der Waals surface area contributed by atoms with Crippen molar-refractivity contribution in [1.82, 2.24) is 4.90 Å². The molecule has 0 saturated carbocycles. The van der Waals surface area contributed by atoms with Gasteiger partial charge in [0.1, 0.15) is 0 Å². The predicted octanol–water partition coefficient (Wildman–Crippen LogP) is 1.22. The van der Waals surface area contributed by atoms with E-state index >= 15 is 0 Å². The summed E-state index contributed by atoms with van der Waals surface area (Å²) in [5.41, 5.74) is 13.2. The third-order valence-electron chi connectivity index (χ3n) is 3.12. The van der Waals surface area contributed by atoms with E-state index in [2.05, 4.69) is 18.7 Å². The van der Waals surface area contributed by atoms with Crippen LogP contribution in [0.5, 0.6) is 0 Å². The smallest absolute Gasteiger partial charge is 0.248 e. The number of nitrogens with zero attached hydrogens (tertiary/aromatic N) is 1. The fraction of sp³-hybridized carbons (Fsp3) is 0.500. The Kier molecular flexibility index (Phi) is 5.79.